The van der Waals surface area contributed by atoms with Crippen LogP contribution in [0.5, 0.6) is 0 Å². The van der Waals surface area contributed by atoms with Crippen LogP contribution in [-0.4, -0.2) is 55.7 Å². The van der Waals surface area contributed by atoms with Crippen LogP contribution in [0.4, 0.5) is 0 Å². The fraction of sp³-hybridized carbons (Fsp3) is 1.00. The zero-order valence-electron chi connectivity index (χ0n) is 2.23. The molecule has 0 radical (unpaired) electrons. The normalized spacial score (nSPS) is 4.50. The average molecular weight is 183 g/mol. The Hall–Kier alpha value is 1.49. The predicted molar refractivity (Wildman–Crippen MR) is 10.6 cm³/mol. The summed E-state index contributed by atoms with van der Waals surface area (Å²) in [4.78, 5) is 0. The van der Waals surface area contributed by atoms with Crippen molar-refractivity contribution in [3.63, 3.8) is 0 Å². The van der Waals surface area contributed by atoms with Crippen molar-refractivity contribution in [2.45, 2.75) is 0 Å². The van der Waals surface area contributed by atoms with Crippen LogP contribution < -0.4 is 10.2 Å². The Morgan fingerprint density at radius 2 is 1.25 bits per heavy atom. The van der Waals surface area contributed by atoms with E-state index in [0.717, 1.165) is 0 Å². The summed E-state index contributed by atoms with van der Waals surface area (Å²) < 4.78 is 0. The van der Waals surface area contributed by atoms with Crippen molar-refractivity contribution in [1.82, 2.24) is 0 Å². The van der Waals surface area contributed by atoms with Gasteiger partial charge in [0, 0.05) is 0 Å². The van der Waals surface area contributed by atoms with E-state index in [1.807, 2.05) is 0 Å². The first-order chi connectivity index (χ1) is 1.41. The monoisotopic (exact) mass is 184 g/mol. The topological polar surface area (TPSA) is 46.1 Å². The van der Waals surface area contributed by atoms with E-state index < -0.39 is 6.79 Å². The second kappa shape index (κ2) is 8.82. The van der Waals surface area contributed by atoms with Crippen LogP contribution in [0.25, 0.3) is 0 Å². The summed E-state index contributed by atoms with van der Waals surface area (Å²) >= 11 is 0. The number of hydrogen-bond donors (Lipinski definition) is 0. The Labute approximate surface area is 64.9 Å². The molecule has 0 aliphatic rings. The molecule has 0 aromatic carbocycles. The van der Waals surface area contributed by atoms with E-state index in [2.05, 4.69) is 0 Å². The SMILES string of the molecule is [Ba+2].[O-]C[O-]. The van der Waals surface area contributed by atoms with Gasteiger partial charge in [-0.2, -0.15) is 0 Å². The summed E-state index contributed by atoms with van der Waals surface area (Å²) in [5.74, 6) is 0. The van der Waals surface area contributed by atoms with E-state index in [1.165, 1.54) is 0 Å². The third-order valence-electron chi connectivity index (χ3n) is 0. The Kier molecular flexibility index (Phi) is 20.0. The van der Waals surface area contributed by atoms with Gasteiger partial charge >= 0.3 is 48.9 Å². The van der Waals surface area contributed by atoms with Gasteiger partial charge in [-0.25, -0.2) is 6.79 Å². The van der Waals surface area contributed by atoms with Gasteiger partial charge in [-0.05, 0) is 0 Å². The minimum atomic E-state index is -1.25. The first-order valence-electron chi connectivity index (χ1n) is 0.577. The molecular formula is CH2BaO2. The molecule has 0 rings (SSSR count). The molecule has 0 heterocycles. The summed E-state index contributed by atoms with van der Waals surface area (Å²) in [5, 5.41) is 16.8. The molecule has 0 fully saturated rings. The van der Waals surface area contributed by atoms with E-state index in [4.69, 9.17) is 10.2 Å². The van der Waals surface area contributed by atoms with Gasteiger partial charge in [0.05, 0.1) is 0 Å². The molecule has 0 bridgehead atoms. The van der Waals surface area contributed by atoms with Crippen LogP contribution in [0.1, 0.15) is 0 Å². The van der Waals surface area contributed by atoms with Crippen LogP contribution in [0.2, 0.25) is 0 Å². The second-order valence-electron chi connectivity index (χ2n) is 0.118. The first-order valence-corrected chi connectivity index (χ1v) is 0.577. The van der Waals surface area contributed by atoms with Gasteiger partial charge in [0.25, 0.3) is 0 Å². The average Bonchev–Trinajstić information content (AvgIpc) is 0.918. The fourth-order valence-corrected chi connectivity index (χ4v) is 0. The molecule has 0 atom stereocenters. The van der Waals surface area contributed by atoms with E-state index in [9.17, 15) is 0 Å². The van der Waals surface area contributed by atoms with Crippen molar-refractivity contribution in [2.24, 2.45) is 0 Å². The van der Waals surface area contributed by atoms with Gasteiger partial charge < -0.3 is 10.2 Å². The van der Waals surface area contributed by atoms with Gasteiger partial charge in [0.2, 0.25) is 0 Å². The zero-order valence-corrected chi connectivity index (χ0v) is 6.67. The minimum Gasteiger partial charge on any atom is -0.868 e. The molecule has 0 amide bonds. The molecule has 2 nitrogen and oxygen atoms in total. The molecule has 0 saturated heterocycles. The first kappa shape index (κ1) is 9.09. The molecular weight excluding hydrogens is 181 g/mol. The maximum Gasteiger partial charge on any atom is 2.00 e. The summed E-state index contributed by atoms with van der Waals surface area (Å²) in [7, 11) is 0. The van der Waals surface area contributed by atoms with Crippen molar-refractivity contribution >= 4 is 48.9 Å². The molecule has 0 saturated carbocycles. The number of hydrogen-bond acceptors (Lipinski definition) is 2. The van der Waals surface area contributed by atoms with Gasteiger partial charge in [-0.3, -0.25) is 0 Å². The second-order valence-corrected chi connectivity index (χ2v) is 0.118. The van der Waals surface area contributed by atoms with Crippen LogP contribution in [0.3, 0.4) is 0 Å². The molecule has 0 aliphatic heterocycles. The van der Waals surface area contributed by atoms with E-state index in [1.54, 1.807) is 0 Å². The number of rotatable bonds is 0. The molecule has 0 aliphatic carbocycles. The Morgan fingerprint density at radius 3 is 1.25 bits per heavy atom. The molecule has 0 unspecified atom stereocenters. The molecule has 0 aromatic rings. The van der Waals surface area contributed by atoms with Crippen LogP contribution in [0.15, 0.2) is 0 Å². The molecule has 3 heteroatoms. The molecule has 4 heavy (non-hydrogen) atoms. The van der Waals surface area contributed by atoms with Crippen molar-refractivity contribution < 1.29 is 10.2 Å². The summed E-state index contributed by atoms with van der Waals surface area (Å²) in [6, 6.07) is 0. The summed E-state index contributed by atoms with van der Waals surface area (Å²) in [5.41, 5.74) is 0. The maximum absolute atomic E-state index is 8.38. The Bertz CT molecular complexity index is 6.00. The molecule has 0 aromatic heterocycles. The Morgan fingerprint density at radius 1 is 1.25 bits per heavy atom. The van der Waals surface area contributed by atoms with Crippen LogP contribution in [-0.2, 0) is 0 Å². The third-order valence-corrected chi connectivity index (χ3v) is 0. The maximum atomic E-state index is 8.38. The zero-order chi connectivity index (χ0) is 2.71. The van der Waals surface area contributed by atoms with Crippen LogP contribution in [0, 0.1) is 0 Å². The smallest absolute Gasteiger partial charge is 0.868 e. The van der Waals surface area contributed by atoms with Gasteiger partial charge in [0.15, 0.2) is 0 Å². The van der Waals surface area contributed by atoms with E-state index in [0.29, 0.717) is 0 Å². The fourth-order valence-electron chi connectivity index (χ4n) is 0. The van der Waals surface area contributed by atoms with Crippen molar-refractivity contribution in [1.29, 1.82) is 0 Å². The van der Waals surface area contributed by atoms with Gasteiger partial charge in [-0.15, -0.1) is 0 Å². The van der Waals surface area contributed by atoms with E-state index in [-0.39, 0.29) is 48.9 Å². The van der Waals surface area contributed by atoms with Crippen molar-refractivity contribution in [3.8, 4) is 0 Å². The van der Waals surface area contributed by atoms with Gasteiger partial charge in [0.1, 0.15) is 0 Å². The summed E-state index contributed by atoms with van der Waals surface area (Å²) in [6.45, 7) is -1.25. The van der Waals surface area contributed by atoms with Gasteiger partial charge in [-0.1, -0.05) is 0 Å². The third kappa shape index (κ3) is 9.74. The molecule has 0 spiro atoms. The van der Waals surface area contributed by atoms with Crippen molar-refractivity contribution in [2.75, 3.05) is 6.79 Å². The predicted octanol–water partition coefficient (Wildman–Crippen LogP) is -2.72. The summed E-state index contributed by atoms with van der Waals surface area (Å²) in [6.07, 6.45) is 0. The van der Waals surface area contributed by atoms with Crippen LogP contribution >= 0.6 is 0 Å². The minimum absolute atomic E-state index is 0. The molecule has 20 valence electrons. The molecule has 0 N–H and O–H groups in total. The quantitative estimate of drug-likeness (QED) is 0.303. The standard InChI is InChI=1S/CH2O2.Ba/c2-1-3;/h1H2;/q-2;+2. The van der Waals surface area contributed by atoms with E-state index >= 15 is 0 Å². The van der Waals surface area contributed by atoms with Crippen molar-refractivity contribution in [3.05, 3.63) is 0 Å². The largest absolute Gasteiger partial charge is 2.00 e. The Balaban J connectivity index is 0.